The highest BCUT2D eigenvalue weighted by Crippen LogP contribution is 2.32. The van der Waals surface area contributed by atoms with Crippen molar-refractivity contribution in [2.24, 2.45) is 0 Å². The number of methoxy groups -OCH3 is 1. The Labute approximate surface area is 191 Å². The Morgan fingerprint density at radius 1 is 1.03 bits per heavy atom. The number of benzene rings is 3. The lowest BCUT2D eigenvalue weighted by atomic mass is 9.90. The van der Waals surface area contributed by atoms with Crippen molar-refractivity contribution in [2.75, 3.05) is 19.0 Å². The van der Waals surface area contributed by atoms with E-state index in [1.54, 1.807) is 14.0 Å². The van der Waals surface area contributed by atoms with Crippen molar-refractivity contribution in [1.82, 2.24) is 10.2 Å². The molecule has 1 fully saturated rings. The van der Waals surface area contributed by atoms with E-state index in [9.17, 15) is 14.4 Å². The Hall–Kier alpha value is -3.87. The minimum absolute atomic E-state index is 0.345. The molecule has 7 heteroatoms. The monoisotopic (exact) mass is 443 g/mol. The lowest BCUT2D eigenvalue weighted by molar-refractivity contribution is -0.133. The predicted octanol–water partition coefficient (Wildman–Crippen LogP) is 3.74. The average Bonchev–Trinajstić information content (AvgIpc) is 3.36. The molecule has 0 saturated carbocycles. The normalized spacial score (nSPS) is 19.5. The minimum Gasteiger partial charge on any atom is -0.497 e. The number of hydrogen-bond donors (Lipinski definition) is 2. The number of ether oxygens (including phenoxy) is 1. The van der Waals surface area contributed by atoms with Crippen molar-refractivity contribution in [1.29, 1.82) is 0 Å². The summed E-state index contributed by atoms with van der Waals surface area (Å²) >= 11 is 0. The molecule has 5 rings (SSSR count). The Balaban J connectivity index is 1.33. The number of nitrogens with one attached hydrogen (secondary N) is 2. The summed E-state index contributed by atoms with van der Waals surface area (Å²) in [6.45, 7) is 1.32. The lowest BCUT2D eigenvalue weighted by Gasteiger charge is -2.22. The van der Waals surface area contributed by atoms with Gasteiger partial charge in [0.05, 0.1) is 7.11 Å². The highest BCUT2D eigenvalue weighted by Gasteiger charge is 2.49. The fourth-order valence-corrected chi connectivity index (χ4v) is 4.69. The molecule has 0 radical (unpaired) electrons. The van der Waals surface area contributed by atoms with Crippen LogP contribution in [0, 0.1) is 0 Å². The third kappa shape index (κ3) is 3.69. The van der Waals surface area contributed by atoms with E-state index in [0.29, 0.717) is 11.3 Å². The molecule has 168 valence electrons. The number of hydrogen-bond acceptors (Lipinski definition) is 4. The molecule has 2 N–H and O–H groups in total. The second kappa shape index (κ2) is 7.92. The fourth-order valence-electron chi connectivity index (χ4n) is 4.69. The molecule has 0 spiro atoms. The molecule has 3 aromatic rings. The Morgan fingerprint density at radius 2 is 1.79 bits per heavy atom. The van der Waals surface area contributed by atoms with Gasteiger partial charge in [-0.3, -0.25) is 14.5 Å². The van der Waals surface area contributed by atoms with Crippen molar-refractivity contribution in [2.45, 2.75) is 31.7 Å². The summed E-state index contributed by atoms with van der Waals surface area (Å²) in [6.07, 6.45) is 3.19. The number of carbonyl (C=O) groups excluding carboxylic acids is 3. The van der Waals surface area contributed by atoms with Crippen molar-refractivity contribution < 1.29 is 19.1 Å². The molecule has 1 atom stereocenters. The standard InChI is InChI=1S/C26H25N3O4/c1-26(20-9-6-19-14-22(33-2)11-8-18(19)12-20)24(31)29(25(32)28-26)15-23(30)27-21-10-7-16-4-3-5-17(16)13-21/h6-14H,3-5,15H2,1-2H3,(H,27,30)(H,28,32). The van der Waals surface area contributed by atoms with Gasteiger partial charge in [-0.2, -0.15) is 0 Å². The first-order valence-corrected chi connectivity index (χ1v) is 11.0. The summed E-state index contributed by atoms with van der Waals surface area (Å²) in [5.74, 6) is -0.122. The van der Waals surface area contributed by atoms with E-state index in [4.69, 9.17) is 4.74 Å². The van der Waals surface area contributed by atoms with Gasteiger partial charge in [0.2, 0.25) is 5.91 Å². The first-order chi connectivity index (χ1) is 15.9. The number of urea groups is 1. The molecular weight excluding hydrogens is 418 g/mol. The Bertz CT molecular complexity index is 1300. The van der Waals surface area contributed by atoms with E-state index in [0.717, 1.165) is 40.7 Å². The van der Waals surface area contributed by atoms with Crippen molar-refractivity contribution in [3.05, 3.63) is 71.3 Å². The van der Waals surface area contributed by atoms with Crippen LogP contribution in [-0.2, 0) is 28.0 Å². The first-order valence-electron chi connectivity index (χ1n) is 11.0. The maximum absolute atomic E-state index is 13.3. The number of nitrogens with zero attached hydrogens (tertiary/aromatic N) is 1. The van der Waals surface area contributed by atoms with E-state index in [1.165, 1.54) is 11.1 Å². The van der Waals surface area contributed by atoms with Crippen LogP contribution in [0.25, 0.3) is 10.8 Å². The zero-order valence-electron chi connectivity index (χ0n) is 18.6. The van der Waals surface area contributed by atoms with Gasteiger partial charge in [0.15, 0.2) is 0 Å². The number of fused-ring (bicyclic) bond motifs is 2. The molecular formula is C26H25N3O4. The summed E-state index contributed by atoms with van der Waals surface area (Å²) in [6, 6.07) is 16.5. The molecule has 33 heavy (non-hydrogen) atoms. The largest absolute Gasteiger partial charge is 0.497 e. The lowest BCUT2D eigenvalue weighted by Crippen LogP contribution is -2.42. The molecule has 0 aromatic heterocycles. The Morgan fingerprint density at radius 3 is 2.61 bits per heavy atom. The van der Waals surface area contributed by atoms with Crippen LogP contribution in [0.5, 0.6) is 5.75 Å². The highest BCUT2D eigenvalue weighted by atomic mass is 16.5. The van der Waals surface area contributed by atoms with Crippen LogP contribution in [0.15, 0.2) is 54.6 Å². The molecule has 1 saturated heterocycles. The van der Waals surface area contributed by atoms with Crippen LogP contribution in [-0.4, -0.2) is 36.4 Å². The zero-order chi connectivity index (χ0) is 23.2. The third-order valence-corrected chi connectivity index (χ3v) is 6.58. The molecule has 7 nitrogen and oxygen atoms in total. The van der Waals surface area contributed by atoms with E-state index < -0.39 is 23.4 Å². The summed E-state index contributed by atoms with van der Waals surface area (Å²) < 4.78 is 5.26. The minimum atomic E-state index is -1.25. The van der Waals surface area contributed by atoms with E-state index in [-0.39, 0.29) is 6.54 Å². The maximum Gasteiger partial charge on any atom is 0.325 e. The van der Waals surface area contributed by atoms with Crippen LogP contribution >= 0.6 is 0 Å². The Kier molecular flexibility index (Phi) is 5.04. The van der Waals surface area contributed by atoms with Crippen molar-refractivity contribution in [3.8, 4) is 5.75 Å². The molecule has 0 bridgehead atoms. The topological polar surface area (TPSA) is 87.7 Å². The van der Waals surface area contributed by atoms with E-state index >= 15 is 0 Å². The predicted molar refractivity (Wildman–Crippen MR) is 125 cm³/mol. The third-order valence-electron chi connectivity index (χ3n) is 6.58. The summed E-state index contributed by atoms with van der Waals surface area (Å²) in [4.78, 5) is 39.5. The smallest absolute Gasteiger partial charge is 0.325 e. The van der Waals surface area contributed by atoms with Gasteiger partial charge in [-0.1, -0.05) is 24.3 Å². The van der Waals surface area contributed by atoms with Gasteiger partial charge in [-0.05, 0) is 84.0 Å². The second-order valence-electron chi connectivity index (χ2n) is 8.76. The summed E-state index contributed by atoms with van der Waals surface area (Å²) in [5, 5.41) is 7.47. The first kappa shape index (κ1) is 21.0. The number of amides is 4. The average molecular weight is 444 g/mol. The molecule has 2 aliphatic rings. The van der Waals surface area contributed by atoms with Gasteiger partial charge >= 0.3 is 6.03 Å². The van der Waals surface area contributed by atoms with Crippen LogP contribution in [0.3, 0.4) is 0 Å². The molecule has 3 aromatic carbocycles. The summed E-state index contributed by atoms with van der Waals surface area (Å²) in [7, 11) is 1.61. The maximum atomic E-state index is 13.3. The molecule has 4 amide bonds. The van der Waals surface area contributed by atoms with Crippen molar-refractivity contribution in [3.63, 3.8) is 0 Å². The van der Waals surface area contributed by atoms with Gasteiger partial charge in [0.25, 0.3) is 5.91 Å². The van der Waals surface area contributed by atoms with E-state index in [1.807, 2.05) is 54.6 Å². The molecule has 1 aliphatic heterocycles. The number of carbonyl (C=O) groups is 3. The molecule has 1 unspecified atom stereocenters. The summed E-state index contributed by atoms with van der Waals surface area (Å²) in [5.41, 5.74) is 2.63. The second-order valence-corrected chi connectivity index (χ2v) is 8.76. The van der Waals surface area contributed by atoms with E-state index in [2.05, 4.69) is 10.6 Å². The number of anilines is 1. The van der Waals surface area contributed by atoms with Gasteiger partial charge in [0, 0.05) is 5.69 Å². The van der Waals surface area contributed by atoms with Gasteiger partial charge in [0.1, 0.15) is 17.8 Å². The zero-order valence-corrected chi connectivity index (χ0v) is 18.6. The fraction of sp³-hybridized carbons (Fsp3) is 0.269. The van der Waals surface area contributed by atoms with Crippen molar-refractivity contribution >= 4 is 34.3 Å². The van der Waals surface area contributed by atoms with Gasteiger partial charge < -0.3 is 15.4 Å². The number of aryl methyl sites for hydroxylation is 2. The van der Waals surface area contributed by atoms with Crippen LogP contribution in [0.4, 0.5) is 10.5 Å². The van der Waals surface area contributed by atoms with Crippen LogP contribution < -0.4 is 15.4 Å². The van der Waals surface area contributed by atoms with Crippen LogP contribution in [0.2, 0.25) is 0 Å². The quantitative estimate of drug-likeness (QED) is 0.588. The van der Waals surface area contributed by atoms with Crippen LogP contribution in [0.1, 0.15) is 30.0 Å². The SMILES string of the molecule is COc1ccc2cc(C3(C)NC(=O)N(CC(=O)Nc4ccc5c(c4)CCC5)C3=O)ccc2c1. The molecule has 1 heterocycles. The molecule has 1 aliphatic carbocycles. The highest BCUT2D eigenvalue weighted by molar-refractivity contribution is 6.10. The number of imide groups is 1. The number of rotatable bonds is 5. The van der Waals surface area contributed by atoms with Gasteiger partial charge in [-0.25, -0.2) is 4.79 Å². The van der Waals surface area contributed by atoms with Gasteiger partial charge in [-0.15, -0.1) is 0 Å².